The molecule has 6 nitrogen and oxygen atoms in total. The van der Waals surface area contributed by atoms with E-state index in [9.17, 15) is 17.6 Å². The van der Waals surface area contributed by atoms with Crippen molar-refractivity contribution in [3.05, 3.63) is 64.8 Å². The fourth-order valence-electron chi connectivity index (χ4n) is 3.55. The second kappa shape index (κ2) is 8.86. The van der Waals surface area contributed by atoms with Gasteiger partial charge in [-0.3, -0.25) is 10.1 Å². The Morgan fingerprint density at radius 3 is 2.52 bits per heavy atom. The smallest absolute Gasteiger partial charge is 0.257 e. The standard InChI is InChI=1S/C22H22FN3O3S2/c1-15-20(16-8-10-18(23)11-9-16)24-22(30-15)25-21(27)17-6-5-7-19(14-17)31(28,29)26-12-3-2-4-13-26/h5-11,14H,2-4,12-13H2,1H3,(H,24,25,27). The van der Waals surface area contributed by atoms with E-state index < -0.39 is 15.9 Å². The van der Waals surface area contributed by atoms with Gasteiger partial charge in [0.25, 0.3) is 5.91 Å². The summed E-state index contributed by atoms with van der Waals surface area (Å²) in [7, 11) is -3.62. The number of carbonyl (C=O) groups is 1. The lowest BCUT2D eigenvalue weighted by Crippen LogP contribution is -2.35. The summed E-state index contributed by atoms with van der Waals surface area (Å²) >= 11 is 1.31. The van der Waals surface area contributed by atoms with Crippen LogP contribution in [0, 0.1) is 12.7 Å². The molecule has 3 aromatic rings. The molecule has 0 saturated carbocycles. The summed E-state index contributed by atoms with van der Waals surface area (Å²) in [6, 6.07) is 12.1. The summed E-state index contributed by atoms with van der Waals surface area (Å²) in [6.45, 7) is 2.88. The Morgan fingerprint density at radius 1 is 1.10 bits per heavy atom. The van der Waals surface area contributed by atoms with E-state index in [-0.39, 0.29) is 16.3 Å². The van der Waals surface area contributed by atoms with Crippen molar-refractivity contribution in [2.75, 3.05) is 18.4 Å². The first kappa shape index (κ1) is 21.6. The Kier molecular flexibility index (Phi) is 6.17. The minimum absolute atomic E-state index is 0.115. The number of nitrogens with zero attached hydrogens (tertiary/aromatic N) is 2. The highest BCUT2D eigenvalue weighted by molar-refractivity contribution is 7.89. The van der Waals surface area contributed by atoms with Gasteiger partial charge in [0.2, 0.25) is 10.0 Å². The van der Waals surface area contributed by atoms with E-state index in [4.69, 9.17) is 0 Å². The second-order valence-electron chi connectivity index (χ2n) is 7.38. The van der Waals surface area contributed by atoms with Crippen LogP contribution in [0.1, 0.15) is 34.5 Å². The quantitative estimate of drug-likeness (QED) is 0.601. The van der Waals surface area contributed by atoms with E-state index in [0.29, 0.717) is 23.9 Å². The van der Waals surface area contributed by atoms with Crippen LogP contribution in [0.15, 0.2) is 53.4 Å². The molecule has 1 amide bonds. The molecule has 1 aliphatic heterocycles. The molecule has 31 heavy (non-hydrogen) atoms. The Morgan fingerprint density at radius 2 is 1.81 bits per heavy atom. The summed E-state index contributed by atoms with van der Waals surface area (Å²) < 4.78 is 40.5. The average Bonchev–Trinajstić information content (AvgIpc) is 3.14. The minimum Gasteiger partial charge on any atom is -0.298 e. The predicted octanol–water partition coefficient (Wildman–Crippen LogP) is 4.68. The lowest BCUT2D eigenvalue weighted by molar-refractivity contribution is 0.102. The normalized spacial score (nSPS) is 15.0. The molecule has 0 spiro atoms. The molecule has 1 saturated heterocycles. The molecule has 1 aromatic heterocycles. The van der Waals surface area contributed by atoms with E-state index in [2.05, 4.69) is 10.3 Å². The highest BCUT2D eigenvalue weighted by Gasteiger charge is 2.26. The number of piperidine rings is 1. The Bertz CT molecular complexity index is 1200. The van der Waals surface area contributed by atoms with Crippen LogP contribution in [-0.2, 0) is 10.0 Å². The SMILES string of the molecule is Cc1sc(NC(=O)c2cccc(S(=O)(=O)N3CCCCC3)c2)nc1-c1ccc(F)cc1. The summed E-state index contributed by atoms with van der Waals surface area (Å²) in [5.74, 6) is -0.764. The van der Waals surface area contributed by atoms with E-state index in [1.165, 1.54) is 39.9 Å². The number of rotatable bonds is 5. The molecular weight excluding hydrogens is 437 g/mol. The van der Waals surface area contributed by atoms with Gasteiger partial charge in [0.15, 0.2) is 5.13 Å². The van der Waals surface area contributed by atoms with Gasteiger partial charge >= 0.3 is 0 Å². The zero-order valence-electron chi connectivity index (χ0n) is 17.0. The summed E-state index contributed by atoms with van der Waals surface area (Å²) in [5, 5.41) is 3.14. The Labute approximate surface area is 184 Å². The molecule has 162 valence electrons. The molecule has 1 fully saturated rings. The van der Waals surface area contributed by atoms with Crippen LogP contribution in [0.4, 0.5) is 9.52 Å². The van der Waals surface area contributed by atoms with Crippen LogP contribution in [0.3, 0.4) is 0 Å². The van der Waals surface area contributed by atoms with Gasteiger partial charge in [0.1, 0.15) is 5.82 Å². The van der Waals surface area contributed by atoms with Crippen molar-refractivity contribution in [3.63, 3.8) is 0 Å². The maximum atomic E-state index is 13.2. The third-order valence-corrected chi connectivity index (χ3v) is 7.96. The molecule has 0 bridgehead atoms. The fraction of sp³-hybridized carbons (Fsp3) is 0.273. The number of hydrogen-bond donors (Lipinski definition) is 1. The monoisotopic (exact) mass is 459 g/mol. The number of anilines is 1. The Hall–Kier alpha value is -2.62. The Balaban J connectivity index is 1.54. The molecule has 4 rings (SSSR count). The molecule has 9 heteroatoms. The van der Waals surface area contributed by atoms with Crippen LogP contribution < -0.4 is 5.32 Å². The van der Waals surface area contributed by atoms with Crippen LogP contribution in [0.2, 0.25) is 0 Å². The van der Waals surface area contributed by atoms with Gasteiger partial charge in [-0.05, 0) is 62.2 Å². The van der Waals surface area contributed by atoms with Crippen molar-refractivity contribution < 1.29 is 17.6 Å². The molecular formula is C22H22FN3O3S2. The zero-order valence-corrected chi connectivity index (χ0v) is 18.6. The number of nitrogens with one attached hydrogen (secondary N) is 1. The first-order chi connectivity index (χ1) is 14.8. The first-order valence-electron chi connectivity index (χ1n) is 9.99. The third-order valence-electron chi connectivity index (χ3n) is 5.18. The predicted molar refractivity (Wildman–Crippen MR) is 119 cm³/mol. The van der Waals surface area contributed by atoms with Crippen LogP contribution in [-0.4, -0.2) is 36.7 Å². The number of hydrogen-bond acceptors (Lipinski definition) is 5. The topological polar surface area (TPSA) is 79.4 Å². The fourth-order valence-corrected chi connectivity index (χ4v) is 5.94. The molecule has 2 heterocycles. The lowest BCUT2D eigenvalue weighted by Gasteiger charge is -2.26. The number of benzene rings is 2. The van der Waals surface area contributed by atoms with Crippen molar-refractivity contribution in [1.82, 2.24) is 9.29 Å². The molecule has 1 aliphatic rings. The van der Waals surface area contributed by atoms with Gasteiger partial charge in [0.05, 0.1) is 10.6 Å². The molecule has 2 aromatic carbocycles. The van der Waals surface area contributed by atoms with Crippen molar-refractivity contribution >= 4 is 32.4 Å². The van der Waals surface area contributed by atoms with E-state index in [1.54, 1.807) is 24.3 Å². The first-order valence-corrected chi connectivity index (χ1v) is 12.3. The van der Waals surface area contributed by atoms with E-state index >= 15 is 0 Å². The summed E-state index contributed by atoms with van der Waals surface area (Å²) in [6.07, 6.45) is 2.72. The third kappa shape index (κ3) is 4.68. The number of aryl methyl sites for hydroxylation is 1. The molecule has 0 atom stereocenters. The maximum Gasteiger partial charge on any atom is 0.257 e. The van der Waals surface area contributed by atoms with Gasteiger partial charge in [-0.2, -0.15) is 4.31 Å². The maximum absolute atomic E-state index is 13.2. The van der Waals surface area contributed by atoms with Gasteiger partial charge in [-0.1, -0.05) is 12.5 Å². The van der Waals surface area contributed by atoms with Gasteiger partial charge in [-0.25, -0.2) is 17.8 Å². The molecule has 0 unspecified atom stereocenters. The average molecular weight is 460 g/mol. The van der Waals surface area contributed by atoms with Crippen molar-refractivity contribution in [2.45, 2.75) is 31.1 Å². The lowest BCUT2D eigenvalue weighted by atomic mass is 10.1. The number of halogens is 1. The summed E-state index contributed by atoms with van der Waals surface area (Å²) in [4.78, 5) is 18.2. The number of thiazole rings is 1. The zero-order chi connectivity index (χ0) is 22.0. The minimum atomic E-state index is -3.62. The second-order valence-corrected chi connectivity index (χ2v) is 10.5. The molecule has 0 radical (unpaired) electrons. The van der Waals surface area contributed by atoms with E-state index in [0.717, 1.165) is 29.7 Å². The number of carbonyl (C=O) groups excluding carboxylic acids is 1. The van der Waals surface area contributed by atoms with Crippen LogP contribution >= 0.6 is 11.3 Å². The molecule has 1 N–H and O–H groups in total. The van der Waals surface area contributed by atoms with Gasteiger partial charge in [0, 0.05) is 29.1 Å². The van der Waals surface area contributed by atoms with Crippen molar-refractivity contribution in [3.8, 4) is 11.3 Å². The number of amides is 1. The van der Waals surface area contributed by atoms with Crippen LogP contribution in [0.25, 0.3) is 11.3 Å². The van der Waals surface area contributed by atoms with Gasteiger partial charge < -0.3 is 0 Å². The van der Waals surface area contributed by atoms with Crippen LogP contribution in [0.5, 0.6) is 0 Å². The van der Waals surface area contributed by atoms with E-state index in [1.807, 2.05) is 6.92 Å². The van der Waals surface area contributed by atoms with Crippen molar-refractivity contribution in [2.24, 2.45) is 0 Å². The van der Waals surface area contributed by atoms with Gasteiger partial charge in [-0.15, -0.1) is 11.3 Å². The van der Waals surface area contributed by atoms with Crippen molar-refractivity contribution in [1.29, 1.82) is 0 Å². The largest absolute Gasteiger partial charge is 0.298 e. The highest BCUT2D eigenvalue weighted by Crippen LogP contribution is 2.31. The number of sulfonamides is 1. The molecule has 0 aliphatic carbocycles. The summed E-state index contributed by atoms with van der Waals surface area (Å²) in [5.41, 5.74) is 1.67. The number of aromatic nitrogens is 1. The highest BCUT2D eigenvalue weighted by atomic mass is 32.2.